The number of para-hydroxylation sites is 2. The van der Waals surface area contributed by atoms with E-state index in [4.69, 9.17) is 15.2 Å². The number of amides is 2. The standard InChI is InChI=1S/C52H58N4O5/c1-36(41-28-27-39-14-7-8-15-43(39)30-41)56(2)34-46-32-49(40-25-23-37(35-57)24-26-40)61-52(60-46)45-18-12-17-44(31-45)42-16-11-13-38(29-42)33-54-50(58)21-5-3-4-6-22-51(59)55-48-20-10-9-19-47(48)53/h7-20,23-31,36,46,49,52,57H,3-6,21-22,32-35,53H2,1-2H3,(H,54,58)(H,55,59)/t36-,46-,49+,52+/m1/s1. The van der Waals surface area contributed by atoms with Crippen LogP contribution in [0.3, 0.4) is 0 Å². The largest absolute Gasteiger partial charge is 0.397 e. The molecule has 0 aliphatic carbocycles. The number of nitrogens with two attached hydrogens (primary N) is 1. The molecule has 1 aliphatic heterocycles. The molecule has 0 bridgehead atoms. The number of unbranched alkanes of at least 4 members (excludes halogenated alkanes) is 3. The SMILES string of the molecule is C[C@H](c1ccc2ccccc2c1)N(C)C[C@H]1C[C@@H](c2ccc(CO)cc2)O[C@@H](c2cccc(-c3cccc(CNC(=O)CCCCCCC(=O)Nc4ccccc4N)c3)c2)O1. The lowest BCUT2D eigenvalue weighted by atomic mass is 9.97. The molecule has 0 spiro atoms. The summed E-state index contributed by atoms with van der Waals surface area (Å²) in [6, 6.07) is 47.2. The summed E-state index contributed by atoms with van der Waals surface area (Å²) >= 11 is 0. The van der Waals surface area contributed by atoms with Crippen molar-refractivity contribution in [3.8, 4) is 11.1 Å². The first kappa shape index (κ1) is 43.3. The molecule has 9 nitrogen and oxygen atoms in total. The third-order valence-electron chi connectivity index (χ3n) is 11.7. The molecule has 0 radical (unpaired) electrons. The average Bonchev–Trinajstić information content (AvgIpc) is 3.29. The number of benzene rings is 6. The first-order valence-electron chi connectivity index (χ1n) is 21.5. The van der Waals surface area contributed by atoms with Crippen molar-refractivity contribution < 1.29 is 24.2 Å². The Bertz CT molecular complexity index is 2380. The second kappa shape index (κ2) is 21.1. The lowest BCUT2D eigenvalue weighted by Crippen LogP contribution is -2.38. The lowest BCUT2D eigenvalue weighted by molar-refractivity contribution is -0.253. The zero-order valence-corrected chi connectivity index (χ0v) is 35.3. The van der Waals surface area contributed by atoms with Gasteiger partial charge in [0.05, 0.1) is 30.2 Å². The smallest absolute Gasteiger partial charge is 0.224 e. The number of nitrogen functional groups attached to an aromatic ring is 1. The molecular formula is C52H58N4O5. The highest BCUT2D eigenvalue weighted by Crippen LogP contribution is 2.40. The number of hydrogen-bond acceptors (Lipinski definition) is 7. The molecule has 6 aromatic carbocycles. The number of hydrogen-bond donors (Lipinski definition) is 4. The van der Waals surface area contributed by atoms with Gasteiger partial charge in [-0.2, -0.15) is 0 Å². The van der Waals surface area contributed by atoms with Gasteiger partial charge >= 0.3 is 0 Å². The first-order valence-corrected chi connectivity index (χ1v) is 21.5. The van der Waals surface area contributed by atoms with Crippen molar-refractivity contribution in [1.29, 1.82) is 0 Å². The van der Waals surface area contributed by atoms with Crippen molar-refractivity contribution in [3.05, 3.63) is 167 Å². The average molecular weight is 819 g/mol. The molecule has 7 rings (SSSR count). The Morgan fingerprint density at radius 3 is 2.20 bits per heavy atom. The molecule has 1 saturated heterocycles. The van der Waals surface area contributed by atoms with Gasteiger partial charge in [-0.05, 0) is 101 Å². The summed E-state index contributed by atoms with van der Waals surface area (Å²) in [5, 5.41) is 18.1. The summed E-state index contributed by atoms with van der Waals surface area (Å²) in [5.41, 5.74) is 14.3. The van der Waals surface area contributed by atoms with Gasteiger partial charge in [-0.3, -0.25) is 14.5 Å². The van der Waals surface area contributed by atoms with Crippen molar-refractivity contribution in [2.24, 2.45) is 0 Å². The fourth-order valence-electron chi connectivity index (χ4n) is 8.00. The molecule has 1 fully saturated rings. The van der Waals surface area contributed by atoms with Gasteiger partial charge < -0.3 is 30.9 Å². The zero-order valence-electron chi connectivity index (χ0n) is 35.3. The fourth-order valence-corrected chi connectivity index (χ4v) is 8.00. The highest BCUT2D eigenvalue weighted by Gasteiger charge is 2.33. The minimum Gasteiger partial charge on any atom is -0.397 e. The number of likely N-dealkylation sites (N-methyl/N-ethyl adjacent to an activating group) is 1. The third-order valence-corrected chi connectivity index (χ3v) is 11.7. The van der Waals surface area contributed by atoms with Crippen LogP contribution in [0.4, 0.5) is 11.4 Å². The van der Waals surface area contributed by atoms with Crippen molar-refractivity contribution in [1.82, 2.24) is 10.2 Å². The summed E-state index contributed by atoms with van der Waals surface area (Å²) in [6.45, 7) is 3.40. The Kier molecular flexibility index (Phi) is 15.0. The molecule has 61 heavy (non-hydrogen) atoms. The van der Waals surface area contributed by atoms with Crippen molar-refractivity contribution in [2.45, 2.75) is 89.6 Å². The van der Waals surface area contributed by atoms with Gasteiger partial charge in [0, 0.05) is 44.0 Å². The molecule has 5 N–H and O–H groups in total. The van der Waals surface area contributed by atoms with Crippen LogP contribution in [0.5, 0.6) is 0 Å². The summed E-state index contributed by atoms with van der Waals surface area (Å²) in [5.74, 6) is -0.0326. The Hall–Kier alpha value is -5.84. The normalized spacial score (nSPS) is 17.0. The third kappa shape index (κ3) is 11.9. The Balaban J connectivity index is 0.944. The van der Waals surface area contributed by atoms with E-state index in [1.54, 1.807) is 12.1 Å². The Labute approximate surface area is 359 Å². The van der Waals surface area contributed by atoms with E-state index in [0.29, 0.717) is 37.2 Å². The molecule has 0 unspecified atom stereocenters. The zero-order chi connectivity index (χ0) is 42.6. The minimum atomic E-state index is -0.584. The maximum atomic E-state index is 12.7. The van der Waals surface area contributed by atoms with Gasteiger partial charge in [-0.1, -0.05) is 122 Å². The number of nitrogens with zero attached hydrogens (tertiary/aromatic N) is 1. The van der Waals surface area contributed by atoms with E-state index in [0.717, 1.165) is 65.6 Å². The molecule has 1 heterocycles. The van der Waals surface area contributed by atoms with Crippen LogP contribution in [0.15, 0.2) is 140 Å². The van der Waals surface area contributed by atoms with Gasteiger partial charge in [0.2, 0.25) is 11.8 Å². The second-order valence-corrected chi connectivity index (χ2v) is 16.2. The first-order chi connectivity index (χ1) is 29.7. The number of rotatable bonds is 18. The Morgan fingerprint density at radius 2 is 1.43 bits per heavy atom. The van der Waals surface area contributed by atoms with E-state index in [1.165, 1.54) is 16.3 Å². The predicted octanol–water partition coefficient (Wildman–Crippen LogP) is 10.4. The fraction of sp³-hybridized carbons (Fsp3) is 0.308. The maximum Gasteiger partial charge on any atom is 0.224 e. The van der Waals surface area contributed by atoms with E-state index < -0.39 is 6.29 Å². The topological polar surface area (TPSA) is 126 Å². The number of nitrogens with one attached hydrogen (secondary N) is 2. The highest BCUT2D eigenvalue weighted by atomic mass is 16.7. The van der Waals surface area contributed by atoms with Gasteiger partial charge in [-0.25, -0.2) is 0 Å². The van der Waals surface area contributed by atoms with Gasteiger partial charge in [0.25, 0.3) is 0 Å². The number of carbonyl (C=O) groups excluding carboxylic acids is 2. The van der Waals surface area contributed by atoms with E-state index >= 15 is 0 Å². The van der Waals surface area contributed by atoms with E-state index in [2.05, 4.69) is 102 Å². The van der Waals surface area contributed by atoms with Crippen LogP contribution in [0.1, 0.15) is 98.1 Å². The van der Waals surface area contributed by atoms with Crippen molar-refractivity contribution >= 4 is 34.0 Å². The molecule has 9 heteroatoms. The van der Waals surface area contributed by atoms with E-state index in [-0.39, 0.29) is 36.7 Å². The summed E-state index contributed by atoms with van der Waals surface area (Å²) in [4.78, 5) is 27.4. The van der Waals surface area contributed by atoms with Gasteiger partial charge in [-0.15, -0.1) is 0 Å². The quantitative estimate of drug-likeness (QED) is 0.0503. The minimum absolute atomic E-state index is 0.00502. The van der Waals surface area contributed by atoms with Gasteiger partial charge in [0.15, 0.2) is 6.29 Å². The van der Waals surface area contributed by atoms with Gasteiger partial charge in [0.1, 0.15) is 0 Å². The van der Waals surface area contributed by atoms with Crippen LogP contribution in [0.2, 0.25) is 0 Å². The molecule has 4 atom stereocenters. The lowest BCUT2D eigenvalue weighted by Gasteiger charge is -2.39. The summed E-state index contributed by atoms with van der Waals surface area (Å²) < 4.78 is 13.5. The number of aliphatic hydroxyl groups excluding tert-OH is 1. The molecular weight excluding hydrogens is 761 g/mol. The van der Waals surface area contributed by atoms with Crippen LogP contribution in [0.25, 0.3) is 21.9 Å². The predicted molar refractivity (Wildman–Crippen MR) is 244 cm³/mol. The number of anilines is 2. The summed E-state index contributed by atoms with van der Waals surface area (Å²) in [7, 11) is 2.16. The van der Waals surface area contributed by atoms with E-state index in [9.17, 15) is 14.7 Å². The van der Waals surface area contributed by atoms with E-state index in [1.807, 2.05) is 54.6 Å². The monoisotopic (exact) mass is 818 g/mol. The molecule has 0 saturated carbocycles. The number of fused-ring (bicyclic) bond motifs is 1. The van der Waals surface area contributed by atoms with Crippen LogP contribution in [-0.4, -0.2) is 41.5 Å². The second-order valence-electron chi connectivity index (χ2n) is 16.2. The van der Waals surface area contributed by atoms with Crippen LogP contribution in [0, 0.1) is 0 Å². The molecule has 316 valence electrons. The number of aliphatic hydroxyl groups is 1. The van der Waals surface area contributed by atoms with Crippen LogP contribution < -0.4 is 16.4 Å². The molecule has 0 aromatic heterocycles. The maximum absolute atomic E-state index is 12.7. The Morgan fingerprint density at radius 1 is 0.721 bits per heavy atom. The van der Waals surface area contributed by atoms with Crippen molar-refractivity contribution in [2.75, 3.05) is 24.6 Å². The molecule has 2 amide bonds. The number of ether oxygens (including phenoxy) is 2. The van der Waals surface area contributed by atoms with Crippen molar-refractivity contribution in [3.63, 3.8) is 0 Å². The molecule has 6 aromatic rings. The number of carbonyl (C=O) groups is 2. The highest BCUT2D eigenvalue weighted by molar-refractivity contribution is 5.93. The molecule has 1 aliphatic rings. The van der Waals surface area contributed by atoms with Crippen LogP contribution in [-0.2, 0) is 32.2 Å². The van der Waals surface area contributed by atoms with Crippen LogP contribution >= 0.6 is 0 Å². The summed E-state index contributed by atoms with van der Waals surface area (Å²) in [6.07, 6.45) is 3.98.